The van der Waals surface area contributed by atoms with E-state index in [0.29, 0.717) is 64.3 Å². The van der Waals surface area contributed by atoms with Crippen LogP contribution in [0.15, 0.2) is 48.7 Å². The number of aromatic nitrogens is 2. The highest BCUT2D eigenvalue weighted by atomic mass is 35.5. The number of nitrogens with zero attached hydrogens (tertiary/aromatic N) is 3. The van der Waals surface area contributed by atoms with Crippen molar-refractivity contribution in [2.75, 3.05) is 24.6 Å². The molecule has 3 aliphatic heterocycles. The number of ether oxygens (including phenoxy) is 3. The van der Waals surface area contributed by atoms with E-state index in [1.54, 1.807) is 6.07 Å². The standard InChI is InChI=1S/C38H45ClFN3O5/c1-23-10-7-8-19-46-38(6)15-17-42(18-16-38)35-31(33(36(44)45)48-37(3,4)5)24(2)32(39)34-41-29(22-43(34)35)26-12-9-11-25(20-26)28-21-27(40)13-14-30(28)47-23/h9,11-14,20-23,33H,7-8,10,15-19H2,1-6H3,(H,44,45)/t23-,33-/m0/s1. The minimum absolute atomic E-state index is 0.0601. The van der Waals surface area contributed by atoms with E-state index in [-0.39, 0.29) is 17.5 Å². The topological polar surface area (TPSA) is 85.5 Å². The SMILES string of the molecule is Cc1c([C@H](OC(C)(C)C)C(=O)O)c2n3cc(nc3c1Cl)-c1cccc(c1)-c1cc(F)ccc1O[C@@H](C)CCCCOC1(C)CCN2CC1. The molecule has 0 amide bonds. The van der Waals surface area contributed by atoms with Crippen LogP contribution in [0.2, 0.25) is 5.02 Å². The van der Waals surface area contributed by atoms with Crippen LogP contribution in [0.5, 0.6) is 5.75 Å². The summed E-state index contributed by atoms with van der Waals surface area (Å²) in [6, 6.07) is 12.4. The zero-order valence-corrected chi connectivity index (χ0v) is 29.4. The summed E-state index contributed by atoms with van der Waals surface area (Å²) in [4.78, 5) is 20.1. The van der Waals surface area contributed by atoms with E-state index in [1.165, 1.54) is 12.1 Å². The number of imidazole rings is 1. The molecule has 2 atom stereocenters. The molecule has 6 bridgehead atoms. The molecule has 2 aromatic heterocycles. The van der Waals surface area contributed by atoms with Gasteiger partial charge in [0.1, 0.15) is 17.4 Å². The molecule has 48 heavy (non-hydrogen) atoms. The van der Waals surface area contributed by atoms with Crippen molar-refractivity contribution in [3.05, 3.63) is 70.6 Å². The molecule has 0 radical (unpaired) electrons. The van der Waals surface area contributed by atoms with Gasteiger partial charge in [-0.15, -0.1) is 0 Å². The van der Waals surface area contributed by atoms with E-state index in [2.05, 4.69) is 11.8 Å². The highest BCUT2D eigenvalue weighted by molar-refractivity contribution is 6.34. The largest absolute Gasteiger partial charge is 0.490 e. The summed E-state index contributed by atoms with van der Waals surface area (Å²) in [6.45, 7) is 13.5. The number of benzene rings is 2. The fourth-order valence-electron chi connectivity index (χ4n) is 6.78. The minimum Gasteiger partial charge on any atom is -0.490 e. The van der Waals surface area contributed by atoms with Crippen molar-refractivity contribution < 1.29 is 28.5 Å². The number of halogens is 2. The van der Waals surface area contributed by atoms with Crippen LogP contribution in [-0.2, 0) is 14.3 Å². The number of hydrogen-bond donors (Lipinski definition) is 1. The fourth-order valence-corrected chi connectivity index (χ4v) is 7.02. The average Bonchev–Trinajstić information content (AvgIpc) is 3.48. The summed E-state index contributed by atoms with van der Waals surface area (Å²) in [7, 11) is 0. The summed E-state index contributed by atoms with van der Waals surface area (Å²) in [5.74, 6) is -0.128. The second-order valence-corrected chi connectivity index (χ2v) is 14.8. The van der Waals surface area contributed by atoms with Crippen LogP contribution >= 0.6 is 11.6 Å². The Labute approximate surface area is 286 Å². The summed E-state index contributed by atoms with van der Waals surface area (Å²) < 4.78 is 35.6. The quantitative estimate of drug-likeness (QED) is 0.232. The van der Waals surface area contributed by atoms with Crippen LogP contribution in [0.4, 0.5) is 10.2 Å². The smallest absolute Gasteiger partial charge is 0.337 e. The normalized spacial score (nSPS) is 21.2. The van der Waals surface area contributed by atoms with Gasteiger partial charge in [-0.1, -0.05) is 29.8 Å². The molecule has 0 saturated carbocycles. The lowest BCUT2D eigenvalue weighted by Crippen LogP contribution is -2.45. The molecule has 1 fully saturated rings. The molecule has 10 heteroatoms. The maximum Gasteiger partial charge on any atom is 0.337 e. The zero-order valence-electron chi connectivity index (χ0n) is 28.6. The third kappa shape index (κ3) is 7.05. The van der Waals surface area contributed by atoms with E-state index in [4.69, 9.17) is 30.8 Å². The zero-order chi connectivity index (χ0) is 34.4. The summed E-state index contributed by atoms with van der Waals surface area (Å²) in [5, 5.41) is 10.9. The number of carboxylic acids is 1. The molecule has 1 saturated heterocycles. The predicted molar refractivity (Wildman–Crippen MR) is 187 cm³/mol. The summed E-state index contributed by atoms with van der Waals surface area (Å²) in [6.07, 6.45) is 4.79. The number of piperidine rings is 1. The van der Waals surface area contributed by atoms with Crippen LogP contribution in [0.25, 0.3) is 28.0 Å². The van der Waals surface area contributed by atoms with E-state index < -0.39 is 17.7 Å². The maximum absolute atomic E-state index is 14.6. The molecule has 0 spiro atoms. The van der Waals surface area contributed by atoms with Crippen molar-refractivity contribution in [1.82, 2.24) is 9.38 Å². The van der Waals surface area contributed by atoms with Gasteiger partial charge >= 0.3 is 5.97 Å². The second kappa shape index (κ2) is 13.3. The first-order chi connectivity index (χ1) is 22.7. The molecule has 5 heterocycles. The second-order valence-electron chi connectivity index (χ2n) is 14.4. The first-order valence-corrected chi connectivity index (χ1v) is 17.2. The van der Waals surface area contributed by atoms with Gasteiger partial charge in [-0.3, -0.25) is 4.40 Å². The van der Waals surface area contributed by atoms with E-state index in [0.717, 1.165) is 43.2 Å². The summed E-state index contributed by atoms with van der Waals surface area (Å²) >= 11 is 7.06. The number of hydrogen-bond acceptors (Lipinski definition) is 6. The maximum atomic E-state index is 14.6. The molecular formula is C38H45ClFN3O5. The average molecular weight is 678 g/mol. The van der Waals surface area contributed by atoms with Gasteiger partial charge in [0.2, 0.25) is 0 Å². The van der Waals surface area contributed by atoms with Crippen molar-refractivity contribution in [3.8, 4) is 28.1 Å². The Morgan fingerprint density at radius 1 is 1.15 bits per heavy atom. The predicted octanol–water partition coefficient (Wildman–Crippen LogP) is 9.04. The lowest BCUT2D eigenvalue weighted by molar-refractivity contribution is -0.160. The molecule has 4 aromatic rings. The fraction of sp³-hybridized carbons (Fsp3) is 0.474. The number of rotatable bonds is 3. The molecule has 3 aliphatic rings. The van der Waals surface area contributed by atoms with Gasteiger partial charge in [-0.25, -0.2) is 14.2 Å². The molecule has 7 rings (SSSR count). The van der Waals surface area contributed by atoms with Crippen LogP contribution < -0.4 is 9.64 Å². The molecule has 8 nitrogen and oxygen atoms in total. The number of aliphatic carboxylic acids is 1. The highest BCUT2D eigenvalue weighted by Gasteiger charge is 2.38. The van der Waals surface area contributed by atoms with Crippen molar-refractivity contribution in [2.45, 2.75) is 97.1 Å². The Balaban J connectivity index is 1.56. The molecule has 0 aliphatic carbocycles. The van der Waals surface area contributed by atoms with Gasteiger partial charge in [-0.2, -0.15) is 0 Å². The Hall–Kier alpha value is -3.66. The highest BCUT2D eigenvalue weighted by Crippen LogP contribution is 2.43. The first kappa shape index (κ1) is 34.2. The van der Waals surface area contributed by atoms with Crippen molar-refractivity contribution in [1.29, 1.82) is 0 Å². The summed E-state index contributed by atoms with van der Waals surface area (Å²) in [5.41, 5.74) is 3.49. The van der Waals surface area contributed by atoms with Crippen molar-refractivity contribution in [2.24, 2.45) is 0 Å². The van der Waals surface area contributed by atoms with Crippen molar-refractivity contribution >= 4 is 29.0 Å². The lowest BCUT2D eigenvalue weighted by atomic mass is 9.92. The lowest BCUT2D eigenvalue weighted by Gasteiger charge is -2.42. The molecule has 256 valence electrons. The first-order valence-electron chi connectivity index (χ1n) is 16.8. The third-order valence-corrected chi connectivity index (χ3v) is 9.83. The van der Waals surface area contributed by atoms with Crippen LogP contribution in [-0.4, -0.2) is 57.5 Å². The number of fused-ring (bicyclic) bond motifs is 8. The van der Waals surface area contributed by atoms with Crippen LogP contribution in [0, 0.1) is 12.7 Å². The number of carbonyl (C=O) groups is 1. The molecule has 1 N–H and O–H groups in total. The van der Waals surface area contributed by atoms with Crippen LogP contribution in [0.3, 0.4) is 0 Å². The number of carboxylic acid groups (broad SMARTS) is 1. The van der Waals surface area contributed by atoms with Gasteiger partial charge in [0.05, 0.1) is 28.0 Å². The number of anilines is 1. The molecule has 2 aromatic carbocycles. The van der Waals surface area contributed by atoms with E-state index >= 15 is 0 Å². The Bertz CT molecular complexity index is 1830. The monoisotopic (exact) mass is 677 g/mol. The number of pyridine rings is 1. The van der Waals surface area contributed by atoms with Gasteiger partial charge in [0, 0.05) is 42.6 Å². The van der Waals surface area contributed by atoms with Gasteiger partial charge in [0.15, 0.2) is 11.8 Å². The third-order valence-electron chi connectivity index (χ3n) is 9.38. The Morgan fingerprint density at radius 2 is 1.88 bits per heavy atom. The van der Waals surface area contributed by atoms with E-state index in [1.807, 2.05) is 69.5 Å². The van der Waals surface area contributed by atoms with Crippen molar-refractivity contribution in [3.63, 3.8) is 0 Å². The van der Waals surface area contributed by atoms with E-state index in [9.17, 15) is 14.3 Å². The Morgan fingerprint density at radius 3 is 2.58 bits per heavy atom. The van der Waals surface area contributed by atoms with Gasteiger partial charge in [-0.05, 0) is 109 Å². The van der Waals surface area contributed by atoms with Gasteiger partial charge < -0.3 is 24.2 Å². The van der Waals surface area contributed by atoms with Gasteiger partial charge in [0.25, 0.3) is 0 Å². The van der Waals surface area contributed by atoms with Crippen LogP contribution in [0.1, 0.15) is 84.0 Å². The molecular weight excluding hydrogens is 633 g/mol. The Kier molecular flexibility index (Phi) is 9.50. The minimum atomic E-state index is -1.26. The molecule has 0 unspecified atom stereocenters.